The first-order valence-electron chi connectivity index (χ1n) is 8.60. The van der Waals surface area contributed by atoms with E-state index in [-0.39, 0.29) is 17.3 Å². The molecule has 140 valence electrons. The first kappa shape index (κ1) is 17.3. The van der Waals surface area contributed by atoms with Crippen molar-refractivity contribution in [1.29, 1.82) is 0 Å². The average Bonchev–Trinajstić information content (AvgIpc) is 3.43. The summed E-state index contributed by atoms with van der Waals surface area (Å²) in [5.74, 6) is -0.242. The Morgan fingerprint density at radius 1 is 1.33 bits per heavy atom. The van der Waals surface area contributed by atoms with Gasteiger partial charge in [-0.25, -0.2) is 19.2 Å². The zero-order valence-corrected chi connectivity index (χ0v) is 14.7. The van der Waals surface area contributed by atoms with Crippen molar-refractivity contribution >= 4 is 17.8 Å². The number of amides is 1. The lowest BCUT2D eigenvalue weighted by Gasteiger charge is -2.38. The Hall–Kier alpha value is -3.16. The summed E-state index contributed by atoms with van der Waals surface area (Å²) >= 11 is 0. The molecule has 8 heteroatoms. The van der Waals surface area contributed by atoms with Gasteiger partial charge in [0.05, 0.1) is 6.61 Å². The minimum absolute atomic E-state index is 0.0438. The highest BCUT2D eigenvalue weighted by Gasteiger charge is 2.61. The number of carbonyl (C=O) groups excluding carboxylic acids is 1. The summed E-state index contributed by atoms with van der Waals surface area (Å²) in [5, 5.41) is 2.59. The molecule has 1 saturated carbocycles. The molecule has 2 heterocycles. The maximum absolute atomic E-state index is 14.7. The predicted molar refractivity (Wildman–Crippen MR) is 96.9 cm³/mol. The Kier molecular flexibility index (Phi) is 3.98. The van der Waals surface area contributed by atoms with E-state index in [0.717, 1.165) is 12.8 Å². The zero-order valence-electron chi connectivity index (χ0n) is 14.7. The number of halogens is 1. The monoisotopic (exact) mass is 370 g/mol. The molecule has 0 radical (unpaired) electrons. The van der Waals surface area contributed by atoms with E-state index in [1.165, 1.54) is 18.3 Å². The molecule has 2 aromatic rings. The van der Waals surface area contributed by atoms with Crippen molar-refractivity contribution in [1.82, 2.24) is 4.98 Å². The van der Waals surface area contributed by atoms with Crippen molar-refractivity contribution in [2.45, 2.75) is 25.3 Å². The van der Waals surface area contributed by atoms with Crippen LogP contribution in [0.2, 0.25) is 0 Å². The number of hydrogen-bond donors (Lipinski definition) is 2. The fraction of sp³-hybridized carbons (Fsp3) is 0.316. The Morgan fingerprint density at radius 2 is 2.15 bits per heavy atom. The predicted octanol–water partition coefficient (Wildman–Crippen LogP) is 3.17. The molecule has 27 heavy (non-hydrogen) atoms. The highest BCUT2D eigenvalue weighted by atomic mass is 19.1. The lowest BCUT2D eigenvalue weighted by Crippen LogP contribution is -2.43. The van der Waals surface area contributed by atoms with Crippen LogP contribution in [0.5, 0.6) is 5.88 Å². The van der Waals surface area contributed by atoms with Gasteiger partial charge in [0.1, 0.15) is 11.4 Å². The molecule has 0 bridgehead atoms. The number of carbonyl (C=O) groups is 1. The van der Waals surface area contributed by atoms with E-state index in [1.807, 2.05) is 6.92 Å². The highest BCUT2D eigenvalue weighted by Crippen LogP contribution is 2.62. The number of nitrogens with two attached hydrogens (primary N) is 1. The standard InChI is InChI=1S/C19H19FN4O3/c1-18(19(7-8-19)11-26-16(21)24-18)13-10-12(5-6-14(13)20)23-17(25)27-15-4-2-3-9-22-15/h2-6,9-10H,7-8,11H2,1H3,(H2,21,24)(H,23,25)/t18-/m1/s1. The van der Waals surface area contributed by atoms with Gasteiger partial charge < -0.3 is 15.2 Å². The van der Waals surface area contributed by atoms with Gasteiger partial charge in [-0.2, -0.15) is 0 Å². The van der Waals surface area contributed by atoms with E-state index >= 15 is 0 Å². The van der Waals surface area contributed by atoms with Crippen LogP contribution in [-0.2, 0) is 10.3 Å². The van der Waals surface area contributed by atoms with Crippen LogP contribution >= 0.6 is 0 Å². The molecule has 1 amide bonds. The summed E-state index contributed by atoms with van der Waals surface area (Å²) in [6, 6.07) is 9.36. The van der Waals surface area contributed by atoms with E-state index in [0.29, 0.717) is 17.9 Å². The summed E-state index contributed by atoms with van der Waals surface area (Å²) in [4.78, 5) is 20.4. The number of amidine groups is 1. The minimum atomic E-state index is -0.859. The van der Waals surface area contributed by atoms with Gasteiger partial charge in [-0.05, 0) is 44.0 Å². The van der Waals surface area contributed by atoms with Crippen molar-refractivity contribution in [3.05, 3.63) is 54.0 Å². The van der Waals surface area contributed by atoms with Crippen LogP contribution in [0.1, 0.15) is 25.3 Å². The van der Waals surface area contributed by atoms with Crippen LogP contribution in [0.25, 0.3) is 0 Å². The van der Waals surface area contributed by atoms with Crippen LogP contribution in [-0.4, -0.2) is 23.7 Å². The van der Waals surface area contributed by atoms with E-state index < -0.39 is 17.4 Å². The summed E-state index contributed by atoms with van der Waals surface area (Å²) in [6.07, 6.45) is 2.55. The van der Waals surface area contributed by atoms with Crippen LogP contribution in [0.3, 0.4) is 0 Å². The van der Waals surface area contributed by atoms with Gasteiger partial charge in [-0.1, -0.05) is 6.07 Å². The van der Waals surface area contributed by atoms with Gasteiger partial charge in [0.15, 0.2) is 0 Å². The number of anilines is 1. The number of rotatable bonds is 3. The van der Waals surface area contributed by atoms with E-state index in [2.05, 4.69) is 15.3 Å². The second kappa shape index (κ2) is 6.22. The van der Waals surface area contributed by atoms with Gasteiger partial charge in [0.25, 0.3) is 6.02 Å². The number of nitrogens with one attached hydrogen (secondary N) is 1. The molecule has 0 unspecified atom stereocenters. The maximum atomic E-state index is 14.7. The second-order valence-electron chi connectivity index (χ2n) is 6.97. The Balaban J connectivity index is 1.60. The van der Waals surface area contributed by atoms with E-state index in [1.54, 1.807) is 24.3 Å². The number of benzene rings is 1. The Labute approximate surface area is 155 Å². The highest BCUT2D eigenvalue weighted by molar-refractivity contribution is 5.86. The zero-order chi connectivity index (χ0) is 19.1. The lowest BCUT2D eigenvalue weighted by molar-refractivity contribution is 0.114. The van der Waals surface area contributed by atoms with E-state index in [9.17, 15) is 9.18 Å². The van der Waals surface area contributed by atoms with Gasteiger partial charge >= 0.3 is 6.09 Å². The van der Waals surface area contributed by atoms with Crippen molar-refractivity contribution in [3.63, 3.8) is 0 Å². The normalized spacial score (nSPS) is 22.5. The molecule has 7 nitrogen and oxygen atoms in total. The number of aliphatic imine (C=N–C) groups is 1. The molecule has 1 aliphatic heterocycles. The molecule has 1 aliphatic carbocycles. The number of aromatic nitrogens is 1. The summed E-state index contributed by atoms with van der Waals surface area (Å²) in [7, 11) is 0. The molecular formula is C19H19FN4O3. The summed E-state index contributed by atoms with van der Waals surface area (Å²) in [5.41, 5.74) is 5.38. The third kappa shape index (κ3) is 3.07. The van der Waals surface area contributed by atoms with Crippen molar-refractivity contribution in [2.24, 2.45) is 16.1 Å². The van der Waals surface area contributed by atoms with Crippen molar-refractivity contribution in [3.8, 4) is 5.88 Å². The van der Waals surface area contributed by atoms with Crippen LogP contribution in [0, 0.1) is 11.2 Å². The Morgan fingerprint density at radius 3 is 2.85 bits per heavy atom. The Bertz CT molecular complexity index is 914. The lowest BCUT2D eigenvalue weighted by atomic mass is 9.76. The number of nitrogens with zero attached hydrogens (tertiary/aromatic N) is 2. The third-order valence-electron chi connectivity index (χ3n) is 5.29. The number of pyridine rings is 1. The maximum Gasteiger partial charge on any atom is 0.418 e. The van der Waals surface area contributed by atoms with Crippen molar-refractivity contribution in [2.75, 3.05) is 11.9 Å². The molecule has 1 aromatic carbocycles. The smallest absolute Gasteiger partial charge is 0.418 e. The third-order valence-corrected chi connectivity index (χ3v) is 5.29. The van der Waals surface area contributed by atoms with Crippen LogP contribution in [0.4, 0.5) is 14.9 Å². The van der Waals surface area contributed by atoms with E-state index in [4.69, 9.17) is 15.2 Å². The molecular weight excluding hydrogens is 351 g/mol. The fourth-order valence-corrected chi connectivity index (χ4v) is 3.47. The summed E-state index contributed by atoms with van der Waals surface area (Å²) in [6.45, 7) is 2.25. The topological polar surface area (TPSA) is 98.8 Å². The van der Waals surface area contributed by atoms with Crippen molar-refractivity contribution < 1.29 is 18.7 Å². The molecule has 2 aliphatic rings. The molecule has 0 saturated heterocycles. The van der Waals surface area contributed by atoms with Gasteiger partial charge in [-0.3, -0.25) is 5.32 Å². The minimum Gasteiger partial charge on any atom is -0.465 e. The molecule has 1 fully saturated rings. The van der Waals surface area contributed by atoms with Crippen LogP contribution < -0.4 is 15.8 Å². The largest absolute Gasteiger partial charge is 0.465 e. The molecule has 4 rings (SSSR count). The molecule has 1 spiro atoms. The molecule has 1 aromatic heterocycles. The fourth-order valence-electron chi connectivity index (χ4n) is 3.47. The molecule has 1 atom stereocenters. The van der Waals surface area contributed by atoms with Gasteiger partial charge in [-0.15, -0.1) is 0 Å². The average molecular weight is 370 g/mol. The van der Waals surface area contributed by atoms with Crippen LogP contribution in [0.15, 0.2) is 47.6 Å². The quantitative estimate of drug-likeness (QED) is 0.865. The number of ether oxygens (including phenoxy) is 2. The molecule has 3 N–H and O–H groups in total. The van der Waals surface area contributed by atoms with Gasteiger partial charge in [0, 0.05) is 28.9 Å². The van der Waals surface area contributed by atoms with Gasteiger partial charge in [0.2, 0.25) is 5.88 Å². The SMILES string of the molecule is C[C@]1(c2cc(NC(=O)Oc3ccccn3)ccc2F)N=C(N)OCC12CC2. The second-order valence-corrected chi connectivity index (χ2v) is 6.97. The first-order chi connectivity index (χ1) is 12.9. The summed E-state index contributed by atoms with van der Waals surface area (Å²) < 4.78 is 25.2. The number of hydrogen-bond acceptors (Lipinski definition) is 6. The first-order valence-corrected chi connectivity index (χ1v) is 8.60.